The van der Waals surface area contributed by atoms with Gasteiger partial charge in [-0.25, -0.2) is 13.1 Å². The van der Waals surface area contributed by atoms with Crippen LogP contribution in [0.1, 0.15) is 11.1 Å². The van der Waals surface area contributed by atoms with E-state index >= 15 is 0 Å². The molecule has 0 atom stereocenters. The molecule has 1 aromatic rings. The topological polar surface area (TPSA) is 75.3 Å². The summed E-state index contributed by atoms with van der Waals surface area (Å²) in [6.45, 7) is 1.49. The van der Waals surface area contributed by atoms with E-state index in [1.165, 1.54) is 7.05 Å². The Morgan fingerprint density at radius 1 is 1.39 bits per heavy atom. The first kappa shape index (κ1) is 14.9. The van der Waals surface area contributed by atoms with Gasteiger partial charge in [0.25, 0.3) is 0 Å². The fourth-order valence-electron chi connectivity index (χ4n) is 1.33. The molecule has 0 heterocycles. The van der Waals surface area contributed by atoms with E-state index in [0.717, 1.165) is 5.56 Å². The normalized spacial score (nSPS) is 11.3. The van der Waals surface area contributed by atoms with Crippen LogP contribution in [0.3, 0.4) is 0 Å². The van der Waals surface area contributed by atoms with Crippen molar-refractivity contribution in [3.8, 4) is 0 Å². The van der Waals surface area contributed by atoms with E-state index in [0.29, 0.717) is 10.6 Å². The zero-order valence-electron chi connectivity index (χ0n) is 10.2. The molecule has 0 aromatic heterocycles. The van der Waals surface area contributed by atoms with Gasteiger partial charge in [-0.05, 0) is 24.1 Å². The molecule has 1 aromatic carbocycles. The zero-order chi connectivity index (χ0) is 13.8. The number of amides is 1. The highest BCUT2D eigenvalue weighted by atomic mass is 35.5. The number of rotatable bonds is 5. The minimum absolute atomic E-state index is 0.198. The molecule has 0 spiro atoms. The molecule has 0 aliphatic carbocycles. The highest BCUT2D eigenvalue weighted by Gasteiger charge is 2.15. The number of sulfonamides is 1. The average Bonchev–Trinajstić information content (AvgIpc) is 2.32. The largest absolute Gasteiger partial charge is 0.358 e. The minimum atomic E-state index is -3.55. The number of hydrogen-bond donors (Lipinski definition) is 2. The number of carbonyl (C=O) groups is 1. The van der Waals surface area contributed by atoms with E-state index in [9.17, 15) is 13.2 Å². The Kier molecular flexibility index (Phi) is 5.13. The summed E-state index contributed by atoms with van der Waals surface area (Å²) in [6, 6.07) is 5.09. The first-order chi connectivity index (χ1) is 8.35. The summed E-state index contributed by atoms with van der Waals surface area (Å²) in [7, 11) is -2.11. The molecule has 7 heteroatoms. The second kappa shape index (κ2) is 6.17. The molecule has 1 amide bonds. The SMILES string of the molecule is CNC(=O)CNS(=O)(=O)Cc1cccc(Cl)c1C. The average molecular weight is 291 g/mol. The van der Waals surface area contributed by atoms with Crippen LogP contribution in [0.4, 0.5) is 0 Å². The van der Waals surface area contributed by atoms with Gasteiger partial charge in [0, 0.05) is 12.1 Å². The summed E-state index contributed by atoms with van der Waals surface area (Å²) in [5.74, 6) is -0.586. The molecule has 0 fully saturated rings. The van der Waals surface area contributed by atoms with Crippen molar-refractivity contribution in [2.75, 3.05) is 13.6 Å². The summed E-state index contributed by atoms with van der Waals surface area (Å²) in [5, 5.41) is 2.86. The van der Waals surface area contributed by atoms with Crippen LogP contribution >= 0.6 is 11.6 Å². The summed E-state index contributed by atoms with van der Waals surface area (Å²) >= 11 is 5.91. The number of carbonyl (C=O) groups excluding carboxylic acids is 1. The molecule has 0 saturated carbocycles. The monoisotopic (exact) mass is 290 g/mol. The molecule has 2 N–H and O–H groups in total. The maximum absolute atomic E-state index is 11.7. The minimum Gasteiger partial charge on any atom is -0.358 e. The van der Waals surface area contributed by atoms with Gasteiger partial charge in [-0.3, -0.25) is 4.79 Å². The molecule has 0 bridgehead atoms. The maximum atomic E-state index is 11.7. The van der Waals surface area contributed by atoms with Crippen molar-refractivity contribution in [1.29, 1.82) is 0 Å². The number of hydrogen-bond acceptors (Lipinski definition) is 3. The molecular formula is C11H15ClN2O3S. The predicted octanol–water partition coefficient (Wildman–Crippen LogP) is 0.814. The van der Waals surface area contributed by atoms with Crippen molar-refractivity contribution in [3.05, 3.63) is 34.3 Å². The third-order valence-electron chi connectivity index (χ3n) is 2.46. The molecule has 1 rings (SSSR count). The molecule has 0 aliphatic heterocycles. The van der Waals surface area contributed by atoms with Crippen LogP contribution in [-0.4, -0.2) is 27.9 Å². The fourth-order valence-corrected chi connectivity index (χ4v) is 2.70. The van der Waals surface area contributed by atoms with Crippen LogP contribution in [0.25, 0.3) is 0 Å². The number of halogens is 1. The van der Waals surface area contributed by atoms with Crippen molar-refractivity contribution in [1.82, 2.24) is 10.0 Å². The Bertz CT molecular complexity index is 543. The lowest BCUT2D eigenvalue weighted by molar-refractivity contribution is -0.119. The van der Waals surface area contributed by atoms with Crippen LogP contribution in [-0.2, 0) is 20.6 Å². The Labute approximate surface area is 112 Å². The van der Waals surface area contributed by atoms with Gasteiger partial charge in [0.1, 0.15) is 0 Å². The number of likely N-dealkylation sites (N-methyl/N-ethyl adjacent to an activating group) is 1. The molecule has 18 heavy (non-hydrogen) atoms. The first-order valence-corrected chi connectivity index (χ1v) is 7.30. The van der Waals surface area contributed by atoms with Gasteiger partial charge >= 0.3 is 0 Å². The lowest BCUT2D eigenvalue weighted by Gasteiger charge is -2.09. The van der Waals surface area contributed by atoms with Crippen molar-refractivity contribution in [2.24, 2.45) is 0 Å². The van der Waals surface area contributed by atoms with Crippen LogP contribution < -0.4 is 10.0 Å². The third-order valence-corrected chi connectivity index (χ3v) is 4.14. The fraction of sp³-hybridized carbons (Fsp3) is 0.364. The summed E-state index contributed by atoms with van der Waals surface area (Å²) in [4.78, 5) is 11.0. The molecule has 0 saturated heterocycles. The Morgan fingerprint density at radius 3 is 2.67 bits per heavy atom. The van der Waals surface area contributed by atoms with Crippen LogP contribution in [0.15, 0.2) is 18.2 Å². The van der Waals surface area contributed by atoms with Gasteiger partial charge in [0.2, 0.25) is 15.9 Å². The van der Waals surface area contributed by atoms with E-state index in [1.54, 1.807) is 25.1 Å². The molecule has 0 aliphatic rings. The smallest absolute Gasteiger partial charge is 0.234 e. The number of benzene rings is 1. The van der Waals surface area contributed by atoms with E-state index in [4.69, 9.17) is 11.6 Å². The highest BCUT2D eigenvalue weighted by molar-refractivity contribution is 7.88. The summed E-state index contributed by atoms with van der Waals surface area (Å²) < 4.78 is 25.7. The van der Waals surface area contributed by atoms with Crippen molar-refractivity contribution in [3.63, 3.8) is 0 Å². The van der Waals surface area contributed by atoms with Crippen molar-refractivity contribution in [2.45, 2.75) is 12.7 Å². The lowest BCUT2D eigenvalue weighted by atomic mass is 10.1. The van der Waals surface area contributed by atoms with Crippen LogP contribution in [0.2, 0.25) is 5.02 Å². The van der Waals surface area contributed by atoms with Gasteiger partial charge in [-0.15, -0.1) is 0 Å². The maximum Gasteiger partial charge on any atom is 0.234 e. The lowest BCUT2D eigenvalue weighted by Crippen LogP contribution is -2.35. The summed E-state index contributed by atoms with van der Waals surface area (Å²) in [6.07, 6.45) is 0. The molecule has 5 nitrogen and oxygen atoms in total. The zero-order valence-corrected chi connectivity index (χ0v) is 11.7. The molecule has 0 unspecified atom stereocenters. The van der Waals surface area contributed by atoms with Gasteiger partial charge in [0.05, 0.1) is 12.3 Å². The Morgan fingerprint density at radius 2 is 2.06 bits per heavy atom. The number of nitrogens with one attached hydrogen (secondary N) is 2. The second-order valence-electron chi connectivity index (χ2n) is 3.78. The molecule has 100 valence electrons. The second-order valence-corrected chi connectivity index (χ2v) is 5.99. The van der Waals surface area contributed by atoms with E-state index in [-0.39, 0.29) is 18.2 Å². The van der Waals surface area contributed by atoms with Gasteiger partial charge in [0.15, 0.2) is 0 Å². The molecular weight excluding hydrogens is 276 g/mol. The highest BCUT2D eigenvalue weighted by Crippen LogP contribution is 2.20. The quantitative estimate of drug-likeness (QED) is 0.843. The predicted molar refractivity (Wildman–Crippen MR) is 70.9 cm³/mol. The summed E-state index contributed by atoms with van der Waals surface area (Å²) in [5.41, 5.74) is 1.34. The van der Waals surface area contributed by atoms with Crippen LogP contribution in [0.5, 0.6) is 0 Å². The van der Waals surface area contributed by atoms with Gasteiger partial charge in [-0.1, -0.05) is 23.7 Å². The third kappa shape index (κ3) is 4.29. The molecule has 0 radical (unpaired) electrons. The van der Waals surface area contributed by atoms with Gasteiger partial charge in [-0.2, -0.15) is 0 Å². The first-order valence-electron chi connectivity index (χ1n) is 5.27. The van der Waals surface area contributed by atoms with E-state index in [1.807, 2.05) is 0 Å². The van der Waals surface area contributed by atoms with Crippen LogP contribution in [0, 0.1) is 6.92 Å². The van der Waals surface area contributed by atoms with Crippen molar-refractivity contribution >= 4 is 27.5 Å². The Balaban J connectivity index is 2.77. The Hall–Kier alpha value is -1.11. The van der Waals surface area contributed by atoms with Gasteiger partial charge < -0.3 is 5.32 Å². The van der Waals surface area contributed by atoms with Crippen molar-refractivity contribution < 1.29 is 13.2 Å². The standard InChI is InChI=1S/C11H15ClN2O3S/c1-8-9(4-3-5-10(8)12)7-18(16,17)14-6-11(15)13-2/h3-5,14H,6-7H2,1-2H3,(H,13,15). The van der Waals surface area contributed by atoms with E-state index < -0.39 is 10.0 Å². The van der Waals surface area contributed by atoms with E-state index in [2.05, 4.69) is 10.0 Å².